The van der Waals surface area contributed by atoms with E-state index in [4.69, 9.17) is 0 Å². The van der Waals surface area contributed by atoms with Crippen LogP contribution in [0.15, 0.2) is 48.8 Å². The number of benzene rings is 1. The van der Waals surface area contributed by atoms with Crippen LogP contribution < -0.4 is 10.6 Å². The molecule has 0 fully saturated rings. The maximum Gasteiger partial charge on any atom is 0.274 e. The summed E-state index contributed by atoms with van der Waals surface area (Å²) in [4.78, 5) is 29.5. The van der Waals surface area contributed by atoms with Crippen LogP contribution >= 0.6 is 0 Å². The summed E-state index contributed by atoms with van der Waals surface area (Å²) in [5.41, 5.74) is 2.89. The Balaban J connectivity index is 1.81. The Morgan fingerprint density at radius 2 is 1.96 bits per heavy atom. The average molecular weight is 380 g/mol. The summed E-state index contributed by atoms with van der Waals surface area (Å²) in [6.45, 7) is 5.58. The Labute approximate surface area is 163 Å². The van der Waals surface area contributed by atoms with E-state index in [2.05, 4.69) is 15.6 Å². The first kappa shape index (κ1) is 19.6. The van der Waals surface area contributed by atoms with Gasteiger partial charge in [-0.15, -0.1) is 0 Å². The number of carbonyl (C=O) groups is 2. The van der Waals surface area contributed by atoms with Crippen LogP contribution in [0.4, 0.5) is 5.69 Å². The molecule has 0 aliphatic heterocycles. The number of hydrogen-bond donors (Lipinski definition) is 3. The molecule has 7 nitrogen and oxygen atoms in total. The highest BCUT2D eigenvalue weighted by molar-refractivity contribution is 6.05. The lowest BCUT2D eigenvalue weighted by Gasteiger charge is -2.20. The predicted molar refractivity (Wildman–Crippen MR) is 108 cm³/mol. The zero-order chi connectivity index (χ0) is 20.3. The number of aliphatic hydroxyl groups excluding tert-OH is 1. The fraction of sp³-hybridized carbons (Fsp3) is 0.286. The fourth-order valence-electron chi connectivity index (χ4n) is 2.86. The molecule has 2 amide bonds. The van der Waals surface area contributed by atoms with E-state index in [1.54, 1.807) is 28.8 Å². The Morgan fingerprint density at radius 1 is 1.18 bits per heavy atom. The van der Waals surface area contributed by atoms with Crippen molar-refractivity contribution in [3.8, 4) is 0 Å². The average Bonchev–Trinajstić information content (AvgIpc) is 3.11. The normalized spacial score (nSPS) is 12.2. The first-order valence-corrected chi connectivity index (χ1v) is 9.16. The van der Waals surface area contributed by atoms with E-state index in [1.165, 1.54) is 6.20 Å². The predicted octanol–water partition coefficient (Wildman–Crippen LogP) is 2.64. The SMILES string of the molecule is Cc1ccc(C(=O)NC(CO)C(C)C)cc1NC(=O)c1cnc2ccccn12. The molecule has 1 aromatic carbocycles. The standard InChI is InChI=1S/C21H24N4O3/c1-13(2)17(12-26)24-20(27)15-8-7-14(3)16(10-15)23-21(28)18-11-22-19-6-4-5-9-25(18)19/h4-11,13,17,26H,12H2,1-3H3,(H,23,28)(H,24,27). The van der Waals surface area contributed by atoms with Gasteiger partial charge in [0.25, 0.3) is 11.8 Å². The zero-order valence-electron chi connectivity index (χ0n) is 16.1. The maximum absolute atomic E-state index is 12.7. The number of nitrogens with zero attached hydrogens (tertiary/aromatic N) is 2. The molecule has 0 bridgehead atoms. The quantitative estimate of drug-likeness (QED) is 0.613. The van der Waals surface area contributed by atoms with Crippen LogP contribution in [-0.2, 0) is 0 Å². The number of carbonyl (C=O) groups excluding carboxylic acids is 2. The molecular weight excluding hydrogens is 356 g/mol. The van der Waals surface area contributed by atoms with Crippen molar-refractivity contribution in [3.63, 3.8) is 0 Å². The van der Waals surface area contributed by atoms with Crippen LogP contribution in [0.1, 0.15) is 40.3 Å². The van der Waals surface area contributed by atoms with E-state index in [-0.39, 0.29) is 30.4 Å². The smallest absolute Gasteiger partial charge is 0.274 e. The molecule has 0 saturated heterocycles. The molecule has 28 heavy (non-hydrogen) atoms. The van der Waals surface area contributed by atoms with E-state index in [1.807, 2.05) is 39.0 Å². The second-order valence-corrected chi connectivity index (χ2v) is 7.06. The molecule has 1 atom stereocenters. The summed E-state index contributed by atoms with van der Waals surface area (Å²) in [6.07, 6.45) is 3.29. The van der Waals surface area contributed by atoms with Crippen molar-refractivity contribution in [2.45, 2.75) is 26.8 Å². The van der Waals surface area contributed by atoms with Gasteiger partial charge < -0.3 is 15.7 Å². The molecule has 0 saturated carbocycles. The van der Waals surface area contributed by atoms with Crippen LogP contribution in [-0.4, -0.2) is 39.0 Å². The molecule has 146 valence electrons. The summed E-state index contributed by atoms with van der Waals surface area (Å²) < 4.78 is 1.70. The second-order valence-electron chi connectivity index (χ2n) is 7.06. The first-order chi connectivity index (χ1) is 13.4. The minimum Gasteiger partial charge on any atom is -0.394 e. The van der Waals surface area contributed by atoms with Gasteiger partial charge in [0, 0.05) is 17.4 Å². The van der Waals surface area contributed by atoms with E-state index < -0.39 is 0 Å². The third kappa shape index (κ3) is 4.04. The van der Waals surface area contributed by atoms with Crippen LogP contribution in [0.5, 0.6) is 0 Å². The third-order valence-electron chi connectivity index (χ3n) is 4.72. The second kappa shape index (κ2) is 8.22. The van der Waals surface area contributed by atoms with Crippen molar-refractivity contribution in [2.75, 3.05) is 11.9 Å². The van der Waals surface area contributed by atoms with E-state index in [0.29, 0.717) is 22.6 Å². The first-order valence-electron chi connectivity index (χ1n) is 9.16. The highest BCUT2D eigenvalue weighted by atomic mass is 16.3. The number of pyridine rings is 1. The number of aryl methyl sites for hydroxylation is 1. The van der Waals surface area contributed by atoms with Gasteiger partial charge in [-0.2, -0.15) is 0 Å². The van der Waals surface area contributed by atoms with Gasteiger partial charge >= 0.3 is 0 Å². The molecular formula is C21H24N4O3. The van der Waals surface area contributed by atoms with E-state index in [9.17, 15) is 14.7 Å². The number of anilines is 1. The van der Waals surface area contributed by atoms with Gasteiger partial charge in [-0.3, -0.25) is 14.0 Å². The summed E-state index contributed by atoms with van der Waals surface area (Å²) in [5.74, 6) is -0.499. The summed E-state index contributed by atoms with van der Waals surface area (Å²) in [7, 11) is 0. The molecule has 3 rings (SSSR count). The molecule has 1 unspecified atom stereocenters. The molecule has 3 aromatic rings. The Bertz CT molecular complexity index is 1010. The number of imidazole rings is 1. The number of nitrogens with one attached hydrogen (secondary N) is 2. The van der Waals surface area contributed by atoms with Gasteiger partial charge in [-0.05, 0) is 42.7 Å². The van der Waals surface area contributed by atoms with E-state index in [0.717, 1.165) is 5.56 Å². The topological polar surface area (TPSA) is 95.7 Å². The third-order valence-corrected chi connectivity index (χ3v) is 4.72. The summed E-state index contributed by atoms with van der Waals surface area (Å²) in [5, 5.41) is 15.1. The number of hydrogen-bond acceptors (Lipinski definition) is 4. The highest BCUT2D eigenvalue weighted by Crippen LogP contribution is 2.19. The molecule has 3 N–H and O–H groups in total. The number of rotatable bonds is 6. The van der Waals surface area contributed by atoms with Crippen molar-refractivity contribution >= 4 is 23.1 Å². The molecule has 2 heterocycles. The van der Waals surface area contributed by atoms with Gasteiger partial charge in [-0.25, -0.2) is 4.98 Å². The van der Waals surface area contributed by atoms with Gasteiger partial charge in [-0.1, -0.05) is 26.0 Å². The Morgan fingerprint density at radius 3 is 2.68 bits per heavy atom. The lowest BCUT2D eigenvalue weighted by atomic mass is 10.0. The van der Waals surface area contributed by atoms with Crippen molar-refractivity contribution < 1.29 is 14.7 Å². The van der Waals surface area contributed by atoms with Gasteiger partial charge in [0.15, 0.2) is 0 Å². The Hall–Kier alpha value is -3.19. The molecule has 7 heteroatoms. The van der Waals surface area contributed by atoms with Crippen molar-refractivity contribution in [2.24, 2.45) is 5.92 Å². The summed E-state index contributed by atoms with van der Waals surface area (Å²) >= 11 is 0. The summed E-state index contributed by atoms with van der Waals surface area (Å²) in [6, 6.07) is 10.3. The van der Waals surface area contributed by atoms with Crippen LogP contribution in [0, 0.1) is 12.8 Å². The molecule has 0 spiro atoms. The van der Waals surface area contributed by atoms with Gasteiger partial charge in [0.05, 0.1) is 18.8 Å². The van der Waals surface area contributed by atoms with Gasteiger partial charge in [0.1, 0.15) is 11.3 Å². The monoisotopic (exact) mass is 380 g/mol. The largest absolute Gasteiger partial charge is 0.394 e. The minimum atomic E-state index is -0.329. The van der Waals surface area contributed by atoms with Crippen molar-refractivity contribution in [1.82, 2.24) is 14.7 Å². The minimum absolute atomic E-state index is 0.105. The molecule has 0 radical (unpaired) electrons. The lowest BCUT2D eigenvalue weighted by molar-refractivity contribution is 0.0896. The zero-order valence-corrected chi connectivity index (χ0v) is 16.1. The molecule has 0 aliphatic rings. The maximum atomic E-state index is 12.7. The number of amides is 2. The van der Waals surface area contributed by atoms with Crippen LogP contribution in [0.2, 0.25) is 0 Å². The van der Waals surface area contributed by atoms with Crippen molar-refractivity contribution in [1.29, 1.82) is 0 Å². The van der Waals surface area contributed by atoms with E-state index >= 15 is 0 Å². The highest BCUT2D eigenvalue weighted by Gasteiger charge is 2.18. The van der Waals surface area contributed by atoms with Crippen LogP contribution in [0.3, 0.4) is 0 Å². The van der Waals surface area contributed by atoms with Crippen molar-refractivity contribution in [3.05, 3.63) is 65.6 Å². The fourth-order valence-corrected chi connectivity index (χ4v) is 2.86. The van der Waals surface area contributed by atoms with Gasteiger partial charge in [0.2, 0.25) is 0 Å². The number of aliphatic hydroxyl groups is 1. The number of aromatic nitrogens is 2. The molecule has 0 aliphatic carbocycles. The number of fused-ring (bicyclic) bond motifs is 1. The lowest BCUT2D eigenvalue weighted by Crippen LogP contribution is -2.41. The molecule has 2 aromatic heterocycles. The van der Waals surface area contributed by atoms with Crippen LogP contribution in [0.25, 0.3) is 5.65 Å². The Kier molecular flexibility index (Phi) is 5.75.